The molecular weight excluding hydrogens is 515 g/mol. The number of halogens is 2. The number of barbiturate groups is 1. The van der Waals surface area contributed by atoms with E-state index in [1.54, 1.807) is 36.4 Å². The lowest BCUT2D eigenvalue weighted by molar-refractivity contribution is -0.122. The summed E-state index contributed by atoms with van der Waals surface area (Å²) in [4.78, 5) is 39.2. The van der Waals surface area contributed by atoms with Crippen molar-refractivity contribution in [1.29, 1.82) is 0 Å². The first-order valence-corrected chi connectivity index (χ1v) is 11.7. The van der Waals surface area contributed by atoms with E-state index >= 15 is 0 Å². The minimum absolute atomic E-state index is 0.182. The van der Waals surface area contributed by atoms with Gasteiger partial charge in [0, 0.05) is 16.5 Å². The van der Waals surface area contributed by atoms with Gasteiger partial charge in [0.1, 0.15) is 17.1 Å². The van der Waals surface area contributed by atoms with Crippen molar-refractivity contribution in [1.82, 2.24) is 5.32 Å². The fourth-order valence-electron chi connectivity index (χ4n) is 3.85. The molecule has 8 heteroatoms. The van der Waals surface area contributed by atoms with Crippen LogP contribution in [-0.2, 0) is 16.0 Å². The molecular formula is C27H22BrFN2O4. The average Bonchev–Trinajstić information content (AvgIpc) is 2.79. The van der Waals surface area contributed by atoms with Gasteiger partial charge in [-0.2, -0.15) is 0 Å². The molecule has 6 nitrogen and oxygen atoms in total. The molecule has 4 rings (SSSR count). The van der Waals surface area contributed by atoms with E-state index in [1.807, 2.05) is 26.0 Å². The molecule has 0 saturated carbocycles. The molecule has 1 heterocycles. The number of hydrogen-bond acceptors (Lipinski definition) is 4. The monoisotopic (exact) mass is 536 g/mol. The Hall–Kier alpha value is -3.78. The van der Waals surface area contributed by atoms with Gasteiger partial charge in [0.15, 0.2) is 0 Å². The van der Waals surface area contributed by atoms with E-state index in [-0.39, 0.29) is 11.4 Å². The minimum Gasteiger partial charge on any atom is -0.494 e. The predicted octanol–water partition coefficient (Wildman–Crippen LogP) is 5.55. The van der Waals surface area contributed by atoms with Crippen LogP contribution in [0.15, 0.2) is 70.7 Å². The van der Waals surface area contributed by atoms with Gasteiger partial charge >= 0.3 is 6.03 Å². The third kappa shape index (κ3) is 5.33. The highest BCUT2D eigenvalue weighted by Crippen LogP contribution is 2.33. The highest BCUT2D eigenvalue weighted by atomic mass is 79.9. The van der Waals surface area contributed by atoms with Gasteiger partial charge in [-0.05, 0) is 73.0 Å². The molecule has 3 aromatic carbocycles. The van der Waals surface area contributed by atoms with Crippen LogP contribution in [0.5, 0.6) is 5.75 Å². The fourth-order valence-corrected chi connectivity index (χ4v) is 4.45. The Morgan fingerprint density at radius 2 is 1.83 bits per heavy atom. The zero-order valence-corrected chi connectivity index (χ0v) is 20.7. The van der Waals surface area contributed by atoms with Crippen molar-refractivity contribution >= 4 is 45.5 Å². The van der Waals surface area contributed by atoms with E-state index in [0.717, 1.165) is 21.6 Å². The number of imide groups is 2. The maximum Gasteiger partial charge on any atom is 0.335 e. The molecule has 1 saturated heterocycles. The summed E-state index contributed by atoms with van der Waals surface area (Å²) in [5.74, 6) is -1.29. The summed E-state index contributed by atoms with van der Waals surface area (Å²) in [6, 6.07) is 15.9. The summed E-state index contributed by atoms with van der Waals surface area (Å²) < 4.78 is 20.2. The Labute approximate surface area is 210 Å². The summed E-state index contributed by atoms with van der Waals surface area (Å²) in [5.41, 5.74) is 3.15. The molecule has 1 N–H and O–H groups in total. The van der Waals surface area contributed by atoms with Gasteiger partial charge in [-0.1, -0.05) is 40.2 Å². The molecule has 178 valence electrons. The SMILES string of the molecule is CCOc1cc(/C=C2\C(=O)NC(=O)N(c3cccc(C)c3)C2=O)cc(Br)c1Cc1cccc(F)c1. The van der Waals surface area contributed by atoms with Crippen molar-refractivity contribution in [3.8, 4) is 5.75 Å². The van der Waals surface area contributed by atoms with Gasteiger partial charge in [0.25, 0.3) is 11.8 Å². The van der Waals surface area contributed by atoms with Gasteiger partial charge in [0.2, 0.25) is 0 Å². The van der Waals surface area contributed by atoms with Crippen LogP contribution in [0.3, 0.4) is 0 Å². The van der Waals surface area contributed by atoms with Crippen LogP contribution < -0.4 is 15.0 Å². The number of urea groups is 1. The number of hydrogen-bond donors (Lipinski definition) is 1. The van der Waals surface area contributed by atoms with E-state index in [1.165, 1.54) is 18.2 Å². The summed E-state index contributed by atoms with van der Waals surface area (Å²) >= 11 is 3.55. The summed E-state index contributed by atoms with van der Waals surface area (Å²) in [5, 5.41) is 2.23. The molecule has 4 amide bonds. The number of aryl methyl sites for hydroxylation is 1. The molecule has 0 aromatic heterocycles. The number of ether oxygens (including phenoxy) is 1. The van der Waals surface area contributed by atoms with Crippen LogP contribution in [0, 0.1) is 12.7 Å². The molecule has 0 atom stereocenters. The zero-order valence-electron chi connectivity index (χ0n) is 19.1. The van der Waals surface area contributed by atoms with Crippen LogP contribution in [-0.4, -0.2) is 24.5 Å². The highest BCUT2D eigenvalue weighted by molar-refractivity contribution is 9.10. The van der Waals surface area contributed by atoms with Crippen LogP contribution in [0.1, 0.15) is 29.2 Å². The van der Waals surface area contributed by atoms with Gasteiger partial charge in [-0.15, -0.1) is 0 Å². The number of nitrogens with one attached hydrogen (secondary N) is 1. The Morgan fingerprint density at radius 3 is 2.54 bits per heavy atom. The minimum atomic E-state index is -0.802. The number of carbonyl (C=O) groups is 3. The maximum atomic E-state index is 13.7. The standard InChI is InChI=1S/C27H22BrFN2O4/c1-3-35-24-15-18(14-23(28)21(24)12-17-7-5-8-19(29)11-17)13-22-25(32)30-27(34)31(26(22)33)20-9-4-6-16(2)10-20/h4-11,13-15H,3,12H2,1-2H3,(H,30,32,34)/b22-13+. The molecule has 0 aliphatic carbocycles. The first kappa shape index (κ1) is 24.3. The predicted molar refractivity (Wildman–Crippen MR) is 135 cm³/mol. The van der Waals surface area contributed by atoms with Gasteiger partial charge in [0.05, 0.1) is 12.3 Å². The molecule has 0 bridgehead atoms. The summed E-state index contributed by atoms with van der Waals surface area (Å²) in [6.07, 6.45) is 1.84. The van der Waals surface area contributed by atoms with Gasteiger partial charge in [-0.3, -0.25) is 14.9 Å². The fraction of sp³-hybridized carbons (Fsp3) is 0.148. The summed E-state index contributed by atoms with van der Waals surface area (Å²) in [7, 11) is 0. The van der Waals surface area contributed by atoms with E-state index < -0.39 is 17.8 Å². The first-order valence-electron chi connectivity index (χ1n) is 10.9. The Bertz CT molecular complexity index is 1370. The number of rotatable bonds is 6. The molecule has 0 unspecified atom stereocenters. The largest absolute Gasteiger partial charge is 0.494 e. The highest BCUT2D eigenvalue weighted by Gasteiger charge is 2.36. The zero-order chi connectivity index (χ0) is 25.1. The van der Waals surface area contributed by atoms with Crippen molar-refractivity contribution < 1.29 is 23.5 Å². The molecule has 0 spiro atoms. The molecule has 1 aliphatic heterocycles. The third-order valence-corrected chi connectivity index (χ3v) is 6.13. The van der Waals surface area contributed by atoms with Crippen LogP contribution in [0.2, 0.25) is 0 Å². The first-order chi connectivity index (χ1) is 16.8. The van der Waals surface area contributed by atoms with E-state index in [2.05, 4.69) is 21.2 Å². The van der Waals surface area contributed by atoms with Crippen molar-refractivity contribution in [2.75, 3.05) is 11.5 Å². The number of benzene rings is 3. The van der Waals surface area contributed by atoms with Crippen LogP contribution >= 0.6 is 15.9 Å². The molecule has 0 radical (unpaired) electrons. The third-order valence-electron chi connectivity index (χ3n) is 5.42. The molecule has 1 fully saturated rings. The summed E-state index contributed by atoms with van der Waals surface area (Å²) in [6.45, 7) is 4.07. The van der Waals surface area contributed by atoms with Crippen molar-refractivity contribution in [3.05, 3.63) is 98.8 Å². The number of carbonyl (C=O) groups excluding carboxylic acids is 3. The van der Waals surface area contributed by atoms with E-state index in [9.17, 15) is 18.8 Å². The van der Waals surface area contributed by atoms with Crippen LogP contribution in [0.4, 0.5) is 14.9 Å². The Morgan fingerprint density at radius 1 is 1.06 bits per heavy atom. The second-order valence-corrected chi connectivity index (χ2v) is 8.87. The lowest BCUT2D eigenvalue weighted by Gasteiger charge is -2.26. The van der Waals surface area contributed by atoms with E-state index in [4.69, 9.17) is 4.74 Å². The quantitative estimate of drug-likeness (QED) is 0.331. The normalized spacial score (nSPS) is 14.9. The number of amides is 4. The van der Waals surface area contributed by atoms with Gasteiger partial charge in [-0.25, -0.2) is 14.1 Å². The maximum absolute atomic E-state index is 13.7. The molecule has 1 aliphatic rings. The molecule has 3 aromatic rings. The van der Waals surface area contributed by atoms with Crippen LogP contribution in [0.25, 0.3) is 6.08 Å². The van der Waals surface area contributed by atoms with E-state index in [0.29, 0.717) is 34.5 Å². The lowest BCUT2D eigenvalue weighted by Crippen LogP contribution is -2.54. The molecule has 35 heavy (non-hydrogen) atoms. The van der Waals surface area contributed by atoms with Crippen molar-refractivity contribution in [2.45, 2.75) is 20.3 Å². The topological polar surface area (TPSA) is 75.7 Å². The number of nitrogens with zero attached hydrogens (tertiary/aromatic N) is 1. The van der Waals surface area contributed by atoms with Crippen molar-refractivity contribution in [3.63, 3.8) is 0 Å². The smallest absolute Gasteiger partial charge is 0.335 e. The second-order valence-electron chi connectivity index (χ2n) is 8.02. The van der Waals surface area contributed by atoms with Crippen molar-refractivity contribution in [2.24, 2.45) is 0 Å². The lowest BCUT2D eigenvalue weighted by atomic mass is 10.0. The van der Waals surface area contributed by atoms with Gasteiger partial charge < -0.3 is 4.74 Å². The second kappa shape index (κ2) is 10.2. The Kier molecular flexibility index (Phi) is 7.12. The average molecular weight is 537 g/mol. The number of anilines is 1. The Balaban J connectivity index is 1.72.